The Hall–Kier alpha value is -2.19. The van der Waals surface area contributed by atoms with Crippen molar-refractivity contribution in [1.29, 1.82) is 0 Å². The van der Waals surface area contributed by atoms with Gasteiger partial charge in [-0.1, -0.05) is 29.8 Å². The van der Waals surface area contributed by atoms with Gasteiger partial charge < -0.3 is 0 Å². The molecule has 1 heterocycles. The summed E-state index contributed by atoms with van der Waals surface area (Å²) in [7, 11) is -3.93. The molecule has 0 saturated carbocycles. The van der Waals surface area contributed by atoms with Crippen LogP contribution in [0, 0.1) is 6.92 Å². The Morgan fingerprint density at radius 1 is 1.00 bits per heavy atom. The van der Waals surface area contributed by atoms with Crippen LogP contribution >= 0.6 is 0 Å². The lowest BCUT2D eigenvalue weighted by molar-refractivity contribution is -0.137. The Balaban J connectivity index is 1.98. The first-order valence-electron chi connectivity index (χ1n) is 7.89. The molecule has 26 heavy (non-hydrogen) atoms. The van der Waals surface area contributed by atoms with Crippen LogP contribution in [0.5, 0.6) is 0 Å². The smallest absolute Gasteiger partial charge is 0.297 e. The van der Waals surface area contributed by atoms with Crippen molar-refractivity contribution in [2.75, 3.05) is 6.54 Å². The van der Waals surface area contributed by atoms with Crippen LogP contribution in [-0.4, -0.2) is 25.1 Å². The van der Waals surface area contributed by atoms with Gasteiger partial charge in [0, 0.05) is 13.0 Å². The Kier molecular flexibility index (Phi) is 4.66. The van der Waals surface area contributed by atoms with E-state index in [1.165, 1.54) is 12.1 Å². The maximum Gasteiger partial charge on any atom is 0.416 e. The number of Topliss-reactive ketones (excluding diaryl/α,β-unsaturated/α-hetero) is 1. The topological polar surface area (TPSA) is 54.5 Å². The first-order valence-corrected chi connectivity index (χ1v) is 9.33. The second kappa shape index (κ2) is 6.51. The third kappa shape index (κ3) is 3.39. The van der Waals surface area contributed by atoms with Crippen molar-refractivity contribution in [1.82, 2.24) is 4.31 Å². The normalized spacial score (nSPS) is 19.1. The van der Waals surface area contributed by atoms with E-state index in [1.54, 1.807) is 12.1 Å². The summed E-state index contributed by atoms with van der Waals surface area (Å²) >= 11 is 0. The molecule has 0 aromatic heterocycles. The highest BCUT2D eigenvalue weighted by molar-refractivity contribution is 7.89. The minimum atomic E-state index is -4.49. The number of nitrogens with zero attached hydrogens (tertiary/aromatic N) is 1. The molecule has 0 N–H and O–H groups in total. The minimum absolute atomic E-state index is 0.000726. The zero-order valence-corrected chi connectivity index (χ0v) is 14.6. The predicted molar refractivity (Wildman–Crippen MR) is 88.9 cm³/mol. The first kappa shape index (κ1) is 18.6. The minimum Gasteiger partial charge on any atom is -0.297 e. The van der Waals surface area contributed by atoms with Crippen LogP contribution < -0.4 is 0 Å². The molecule has 2 aromatic carbocycles. The SMILES string of the molecule is Cc1ccc(S(=O)(=O)N2CCC(=O)[C@@H]2c2ccc(C(F)(F)F)cc2)cc1. The molecule has 0 radical (unpaired) electrons. The highest BCUT2D eigenvalue weighted by Crippen LogP contribution is 2.36. The van der Waals surface area contributed by atoms with Gasteiger partial charge in [0.1, 0.15) is 6.04 Å². The Bertz CT molecular complexity index is 920. The summed E-state index contributed by atoms with van der Waals surface area (Å²) in [6, 6.07) is 9.14. The molecule has 8 heteroatoms. The van der Waals surface area contributed by atoms with Gasteiger partial charge in [-0.15, -0.1) is 0 Å². The average molecular weight is 383 g/mol. The van der Waals surface area contributed by atoms with E-state index in [2.05, 4.69) is 0 Å². The molecule has 1 aliphatic rings. The van der Waals surface area contributed by atoms with E-state index in [4.69, 9.17) is 0 Å². The monoisotopic (exact) mass is 383 g/mol. The maximum absolute atomic E-state index is 12.9. The number of carbonyl (C=O) groups is 1. The zero-order chi connectivity index (χ0) is 19.1. The lowest BCUT2D eigenvalue weighted by Crippen LogP contribution is -2.32. The molecule has 2 aromatic rings. The summed E-state index contributed by atoms with van der Waals surface area (Å²) in [6.07, 6.45) is -4.47. The number of aryl methyl sites for hydroxylation is 1. The summed E-state index contributed by atoms with van der Waals surface area (Å²) in [5.74, 6) is -0.333. The molecule has 1 atom stereocenters. The number of hydrogen-bond acceptors (Lipinski definition) is 3. The number of benzene rings is 2. The van der Waals surface area contributed by atoms with Crippen LogP contribution in [0.25, 0.3) is 0 Å². The Morgan fingerprint density at radius 3 is 2.12 bits per heavy atom. The molecule has 0 unspecified atom stereocenters. The summed E-state index contributed by atoms with van der Waals surface area (Å²) in [5.41, 5.74) is 0.275. The number of sulfonamides is 1. The van der Waals surface area contributed by atoms with Crippen LogP contribution in [0.3, 0.4) is 0 Å². The summed E-state index contributed by atoms with van der Waals surface area (Å²) < 4.78 is 65.0. The van der Waals surface area contributed by atoms with Crippen molar-refractivity contribution >= 4 is 15.8 Å². The lowest BCUT2D eigenvalue weighted by atomic mass is 10.0. The van der Waals surface area contributed by atoms with Crippen molar-refractivity contribution in [3.05, 3.63) is 65.2 Å². The van der Waals surface area contributed by atoms with Gasteiger partial charge >= 0.3 is 6.18 Å². The van der Waals surface area contributed by atoms with Crippen molar-refractivity contribution < 1.29 is 26.4 Å². The van der Waals surface area contributed by atoms with E-state index >= 15 is 0 Å². The van der Waals surface area contributed by atoms with E-state index in [1.807, 2.05) is 6.92 Å². The fourth-order valence-corrected chi connectivity index (χ4v) is 4.56. The van der Waals surface area contributed by atoms with Crippen molar-refractivity contribution in [2.24, 2.45) is 0 Å². The molecule has 0 amide bonds. The number of ketones is 1. The van der Waals surface area contributed by atoms with Gasteiger partial charge in [0.25, 0.3) is 0 Å². The molecule has 1 saturated heterocycles. The molecule has 1 aliphatic heterocycles. The highest BCUT2D eigenvalue weighted by Gasteiger charge is 2.42. The second-order valence-electron chi connectivity index (χ2n) is 6.17. The molecule has 0 aliphatic carbocycles. The average Bonchev–Trinajstić information content (AvgIpc) is 2.97. The van der Waals surface area contributed by atoms with Crippen molar-refractivity contribution in [2.45, 2.75) is 30.5 Å². The highest BCUT2D eigenvalue weighted by atomic mass is 32.2. The van der Waals surface area contributed by atoms with Gasteiger partial charge in [-0.05, 0) is 36.8 Å². The number of carbonyl (C=O) groups excluding carboxylic acids is 1. The van der Waals surface area contributed by atoms with Gasteiger partial charge in [-0.2, -0.15) is 17.5 Å². The van der Waals surface area contributed by atoms with Gasteiger partial charge in [0.05, 0.1) is 10.5 Å². The van der Waals surface area contributed by atoms with Crippen LogP contribution in [0.15, 0.2) is 53.4 Å². The first-order chi connectivity index (χ1) is 12.1. The number of rotatable bonds is 3. The van der Waals surface area contributed by atoms with Gasteiger partial charge in [-0.3, -0.25) is 4.79 Å². The fourth-order valence-electron chi connectivity index (χ4n) is 2.96. The third-order valence-electron chi connectivity index (χ3n) is 4.35. The Labute approximate surface area is 149 Å². The predicted octanol–water partition coefficient (Wildman–Crippen LogP) is 3.72. The maximum atomic E-state index is 12.9. The molecule has 3 rings (SSSR count). The van der Waals surface area contributed by atoms with Gasteiger partial charge in [0.15, 0.2) is 5.78 Å². The van der Waals surface area contributed by atoms with Crippen molar-refractivity contribution in [3.8, 4) is 0 Å². The molecule has 0 bridgehead atoms. The molecular weight excluding hydrogens is 367 g/mol. The van der Waals surface area contributed by atoms with Crippen molar-refractivity contribution in [3.63, 3.8) is 0 Å². The largest absolute Gasteiger partial charge is 0.416 e. The number of hydrogen-bond donors (Lipinski definition) is 0. The molecular formula is C18H16F3NO3S. The molecule has 138 valence electrons. The summed E-state index contributed by atoms with van der Waals surface area (Å²) in [6.45, 7) is 1.82. The zero-order valence-electron chi connectivity index (χ0n) is 13.8. The van der Waals surface area contributed by atoms with Crippen LogP contribution in [0.4, 0.5) is 13.2 Å². The van der Waals surface area contributed by atoms with E-state index in [-0.39, 0.29) is 29.2 Å². The van der Waals surface area contributed by atoms with E-state index < -0.39 is 27.8 Å². The summed E-state index contributed by atoms with van der Waals surface area (Å²) in [5, 5.41) is 0. The standard InChI is InChI=1S/C18H16F3NO3S/c1-12-2-8-15(9-3-12)26(24,25)22-11-10-16(23)17(22)13-4-6-14(7-5-13)18(19,20)21/h2-9,17H,10-11H2,1H3/t17-/m0/s1. The van der Waals surface area contributed by atoms with E-state index in [0.29, 0.717) is 0 Å². The number of alkyl halides is 3. The van der Waals surface area contributed by atoms with Crippen LogP contribution in [0.1, 0.15) is 29.2 Å². The molecule has 1 fully saturated rings. The van der Waals surface area contributed by atoms with Crippen LogP contribution in [0.2, 0.25) is 0 Å². The van der Waals surface area contributed by atoms with E-state index in [9.17, 15) is 26.4 Å². The molecule has 4 nitrogen and oxygen atoms in total. The molecule has 0 spiro atoms. The fraction of sp³-hybridized carbons (Fsp3) is 0.278. The third-order valence-corrected chi connectivity index (χ3v) is 6.23. The second-order valence-corrected chi connectivity index (χ2v) is 8.06. The summed E-state index contributed by atoms with van der Waals surface area (Å²) in [4.78, 5) is 12.3. The Morgan fingerprint density at radius 2 is 1.58 bits per heavy atom. The van der Waals surface area contributed by atoms with Gasteiger partial charge in [0.2, 0.25) is 10.0 Å². The lowest BCUT2D eigenvalue weighted by Gasteiger charge is -2.23. The van der Waals surface area contributed by atoms with Gasteiger partial charge in [-0.25, -0.2) is 8.42 Å². The van der Waals surface area contributed by atoms with Crippen LogP contribution in [-0.2, 0) is 21.0 Å². The van der Waals surface area contributed by atoms with E-state index in [0.717, 1.165) is 34.1 Å². The quantitative estimate of drug-likeness (QED) is 0.812. The number of halogens is 3.